The van der Waals surface area contributed by atoms with E-state index in [-0.39, 0.29) is 12.1 Å². The molecule has 18 heavy (non-hydrogen) atoms. The summed E-state index contributed by atoms with van der Waals surface area (Å²) in [6.45, 7) is 8.51. The van der Waals surface area contributed by atoms with Crippen LogP contribution in [0.4, 0.5) is 0 Å². The van der Waals surface area contributed by atoms with Gasteiger partial charge in [-0.25, -0.2) is 13.1 Å². The molecule has 0 saturated heterocycles. The zero-order valence-electron chi connectivity index (χ0n) is 11.4. The van der Waals surface area contributed by atoms with Crippen LogP contribution in [-0.2, 0) is 10.0 Å². The highest BCUT2D eigenvalue weighted by Crippen LogP contribution is 2.17. The molecule has 0 radical (unpaired) electrons. The van der Waals surface area contributed by atoms with Gasteiger partial charge in [0.05, 0.1) is 4.90 Å². The number of rotatable bonds is 6. The lowest BCUT2D eigenvalue weighted by Crippen LogP contribution is -2.30. The van der Waals surface area contributed by atoms with Crippen LogP contribution in [0, 0.1) is 0 Å². The fraction of sp³-hybridized carbons (Fsp3) is 0.538. The minimum absolute atomic E-state index is 0.107. The second-order valence-corrected chi connectivity index (χ2v) is 6.34. The highest BCUT2D eigenvalue weighted by molar-refractivity contribution is 7.89. The predicted octanol–water partition coefficient (Wildman–Crippen LogP) is 2.04. The number of hydrogen-bond acceptors (Lipinski definition) is 3. The molecule has 1 aromatic rings. The first-order valence-electron chi connectivity index (χ1n) is 6.22. The van der Waals surface area contributed by atoms with Crippen LogP contribution < -0.4 is 10.0 Å². The lowest BCUT2D eigenvalue weighted by molar-refractivity contribution is 0.568. The molecule has 0 saturated carbocycles. The van der Waals surface area contributed by atoms with E-state index in [9.17, 15) is 8.42 Å². The predicted molar refractivity (Wildman–Crippen MR) is 74.0 cm³/mol. The molecule has 0 aliphatic rings. The topological polar surface area (TPSA) is 58.2 Å². The van der Waals surface area contributed by atoms with Gasteiger partial charge in [0.2, 0.25) is 10.0 Å². The summed E-state index contributed by atoms with van der Waals surface area (Å²) in [6, 6.07) is 7.08. The van der Waals surface area contributed by atoms with Crippen LogP contribution in [0.2, 0.25) is 0 Å². The largest absolute Gasteiger partial charge is 0.310 e. The third-order valence-electron chi connectivity index (χ3n) is 2.57. The van der Waals surface area contributed by atoms with Crippen LogP contribution in [0.3, 0.4) is 0 Å². The maximum Gasteiger partial charge on any atom is 0.240 e. The van der Waals surface area contributed by atoms with Gasteiger partial charge in [-0.15, -0.1) is 0 Å². The number of sulfonamides is 1. The summed E-state index contributed by atoms with van der Waals surface area (Å²) in [5.41, 5.74) is 0.975. The van der Waals surface area contributed by atoms with Crippen LogP contribution in [0.15, 0.2) is 29.2 Å². The Bertz CT molecular complexity index is 484. The lowest BCUT2D eigenvalue weighted by atomic mass is 10.1. The second-order valence-electron chi connectivity index (χ2n) is 4.63. The van der Waals surface area contributed by atoms with Crippen LogP contribution in [0.25, 0.3) is 0 Å². The molecule has 102 valence electrons. The highest BCUT2D eigenvalue weighted by Gasteiger charge is 2.16. The Hall–Kier alpha value is -0.910. The van der Waals surface area contributed by atoms with E-state index in [2.05, 4.69) is 10.0 Å². The van der Waals surface area contributed by atoms with Gasteiger partial charge >= 0.3 is 0 Å². The second kappa shape index (κ2) is 6.31. The molecule has 4 nitrogen and oxygen atoms in total. The quantitative estimate of drug-likeness (QED) is 0.831. The van der Waals surface area contributed by atoms with Crippen molar-refractivity contribution in [3.63, 3.8) is 0 Å². The van der Waals surface area contributed by atoms with Crippen LogP contribution in [0.1, 0.15) is 39.3 Å². The third kappa shape index (κ3) is 4.08. The fourth-order valence-corrected chi connectivity index (χ4v) is 3.06. The van der Waals surface area contributed by atoms with E-state index in [1.54, 1.807) is 18.2 Å². The molecule has 1 unspecified atom stereocenters. The molecule has 2 N–H and O–H groups in total. The van der Waals surface area contributed by atoms with E-state index in [1.807, 2.05) is 33.8 Å². The van der Waals surface area contributed by atoms with E-state index >= 15 is 0 Å². The zero-order chi connectivity index (χ0) is 13.8. The summed E-state index contributed by atoms with van der Waals surface area (Å²) in [5, 5.41) is 3.27. The zero-order valence-corrected chi connectivity index (χ0v) is 12.2. The smallest absolute Gasteiger partial charge is 0.240 e. The van der Waals surface area contributed by atoms with E-state index in [0.717, 1.165) is 12.1 Å². The molecule has 0 aliphatic heterocycles. The Labute approximate surface area is 110 Å². The van der Waals surface area contributed by atoms with Gasteiger partial charge in [0.1, 0.15) is 0 Å². The molecule has 0 aliphatic carbocycles. The highest BCUT2D eigenvalue weighted by atomic mass is 32.2. The average molecular weight is 270 g/mol. The maximum absolute atomic E-state index is 12.0. The average Bonchev–Trinajstić information content (AvgIpc) is 2.28. The van der Waals surface area contributed by atoms with Gasteiger partial charge in [0.25, 0.3) is 0 Å². The Kier molecular flexibility index (Phi) is 5.31. The normalized spacial score (nSPS) is 13.8. The van der Waals surface area contributed by atoms with E-state index in [4.69, 9.17) is 0 Å². The van der Waals surface area contributed by atoms with Crippen molar-refractivity contribution in [2.75, 3.05) is 6.54 Å². The first-order valence-corrected chi connectivity index (χ1v) is 7.70. The Morgan fingerprint density at radius 2 is 1.89 bits per heavy atom. The van der Waals surface area contributed by atoms with Crippen molar-refractivity contribution in [1.29, 1.82) is 0 Å². The molecule has 0 spiro atoms. The summed E-state index contributed by atoms with van der Waals surface area (Å²) in [7, 11) is -3.41. The van der Waals surface area contributed by atoms with E-state index < -0.39 is 10.0 Å². The Morgan fingerprint density at radius 1 is 1.22 bits per heavy atom. The molecule has 0 heterocycles. The van der Waals surface area contributed by atoms with Gasteiger partial charge in [-0.3, -0.25) is 0 Å². The minimum atomic E-state index is -3.41. The maximum atomic E-state index is 12.0. The molecular weight excluding hydrogens is 248 g/mol. The molecule has 0 amide bonds. The van der Waals surface area contributed by atoms with Crippen molar-refractivity contribution in [2.24, 2.45) is 0 Å². The van der Waals surface area contributed by atoms with Gasteiger partial charge in [-0.1, -0.05) is 19.1 Å². The molecule has 0 fully saturated rings. The van der Waals surface area contributed by atoms with Gasteiger partial charge in [-0.05, 0) is 45.0 Å². The van der Waals surface area contributed by atoms with E-state index in [0.29, 0.717) is 4.90 Å². The van der Waals surface area contributed by atoms with Crippen LogP contribution in [0.5, 0.6) is 0 Å². The summed E-state index contributed by atoms with van der Waals surface area (Å²) >= 11 is 0. The van der Waals surface area contributed by atoms with Crippen LogP contribution >= 0.6 is 0 Å². The fourth-order valence-electron chi connectivity index (χ4n) is 1.75. The SMILES string of the molecule is CCNC(C)c1cccc(S(=O)(=O)NC(C)C)c1. The molecule has 1 aromatic carbocycles. The summed E-state index contributed by atoms with van der Waals surface area (Å²) in [6.07, 6.45) is 0. The molecule has 0 bridgehead atoms. The van der Waals surface area contributed by atoms with Crippen LogP contribution in [-0.4, -0.2) is 21.0 Å². The first kappa shape index (κ1) is 15.1. The van der Waals surface area contributed by atoms with Crippen molar-refractivity contribution < 1.29 is 8.42 Å². The van der Waals surface area contributed by atoms with Gasteiger partial charge in [0.15, 0.2) is 0 Å². The van der Waals surface area contributed by atoms with Gasteiger partial charge in [0, 0.05) is 12.1 Å². The third-order valence-corrected chi connectivity index (χ3v) is 4.23. The number of nitrogens with one attached hydrogen (secondary N) is 2. The van der Waals surface area contributed by atoms with Crippen molar-refractivity contribution >= 4 is 10.0 Å². The van der Waals surface area contributed by atoms with E-state index in [1.165, 1.54) is 0 Å². The molecule has 5 heteroatoms. The monoisotopic (exact) mass is 270 g/mol. The molecule has 1 rings (SSSR count). The minimum Gasteiger partial charge on any atom is -0.310 e. The van der Waals surface area contributed by atoms with Gasteiger partial charge < -0.3 is 5.32 Å². The van der Waals surface area contributed by atoms with Gasteiger partial charge in [-0.2, -0.15) is 0 Å². The van der Waals surface area contributed by atoms with Crippen molar-refractivity contribution in [1.82, 2.24) is 10.0 Å². The van der Waals surface area contributed by atoms with Crippen molar-refractivity contribution in [2.45, 2.75) is 44.7 Å². The molecule has 1 atom stereocenters. The Balaban J connectivity index is 3.01. The molecule has 0 aromatic heterocycles. The van der Waals surface area contributed by atoms with Crippen molar-refractivity contribution in [3.8, 4) is 0 Å². The van der Waals surface area contributed by atoms with Crippen molar-refractivity contribution in [3.05, 3.63) is 29.8 Å². The number of hydrogen-bond donors (Lipinski definition) is 2. The Morgan fingerprint density at radius 3 is 2.44 bits per heavy atom. The summed E-state index contributed by atoms with van der Waals surface area (Å²) in [4.78, 5) is 0.318. The lowest BCUT2D eigenvalue weighted by Gasteiger charge is -2.15. The molecular formula is C13H22N2O2S. The first-order chi connectivity index (χ1) is 8.36. The number of benzene rings is 1. The summed E-state index contributed by atoms with van der Waals surface area (Å²) < 4.78 is 26.7. The standard InChI is InChI=1S/C13H22N2O2S/c1-5-14-11(4)12-7-6-8-13(9-12)18(16,17)15-10(2)3/h6-11,14-15H,5H2,1-4H3. The summed E-state index contributed by atoms with van der Waals surface area (Å²) in [5.74, 6) is 0.